The number of rotatable bonds is 3. The Balaban J connectivity index is 2.92. The monoisotopic (exact) mass is 192 g/mol. The highest BCUT2D eigenvalue weighted by Crippen LogP contribution is 2.00. The van der Waals surface area contributed by atoms with Crippen molar-refractivity contribution in [3.05, 3.63) is 29.8 Å². The fourth-order valence-corrected chi connectivity index (χ4v) is 2.74. The minimum Gasteiger partial charge on any atom is -0.430 e. The smallest absolute Gasteiger partial charge is 0.216 e. The minimum absolute atomic E-state index is 1.05. The number of aryl methyl sites for hydroxylation is 1. The second kappa shape index (κ2) is 4.59. The van der Waals surface area contributed by atoms with Gasteiger partial charge in [0.2, 0.25) is 8.56 Å². The molecule has 62 valence electrons. The Labute approximate surface area is 78.4 Å². The lowest BCUT2D eigenvalue weighted by atomic mass is 10.1. The maximum absolute atomic E-state index is 9.45. The van der Waals surface area contributed by atoms with Crippen molar-refractivity contribution in [2.24, 2.45) is 0 Å². The summed E-state index contributed by atoms with van der Waals surface area (Å²) >= 11 is 0. The molecule has 1 aromatic rings. The first-order valence-corrected chi connectivity index (χ1v) is 7.06. The summed E-state index contributed by atoms with van der Waals surface area (Å²) in [5.41, 5.74) is 1.27. The van der Waals surface area contributed by atoms with Crippen LogP contribution in [-0.2, 0) is 6.42 Å². The number of hydrogen-bond acceptors (Lipinski definition) is 1. The Bertz CT molecular complexity index is 248. The van der Waals surface area contributed by atoms with E-state index in [4.69, 9.17) is 0 Å². The van der Waals surface area contributed by atoms with E-state index < -0.39 is 8.56 Å². The Kier molecular flexibility index (Phi) is 3.71. The zero-order valence-electron chi connectivity index (χ0n) is 7.17. The van der Waals surface area contributed by atoms with E-state index in [-0.39, 0.29) is 0 Å². The van der Waals surface area contributed by atoms with Gasteiger partial charge in [-0.25, -0.2) is 0 Å². The molecule has 1 aromatic carbocycles. The van der Waals surface area contributed by atoms with Crippen LogP contribution in [0, 0.1) is 0 Å². The van der Waals surface area contributed by atoms with Crippen molar-refractivity contribution in [3.8, 4) is 0 Å². The molecule has 4 radical (unpaired) electrons. The average molecular weight is 192 g/mol. The van der Waals surface area contributed by atoms with Gasteiger partial charge in [-0.05, 0) is 17.2 Å². The molecule has 0 heterocycles. The molecule has 1 rings (SSSR count). The van der Waals surface area contributed by atoms with E-state index in [0.29, 0.717) is 0 Å². The van der Waals surface area contributed by atoms with Crippen molar-refractivity contribution in [2.75, 3.05) is 0 Å². The fourth-order valence-electron chi connectivity index (χ4n) is 1.24. The van der Waals surface area contributed by atoms with Gasteiger partial charge in [0.05, 0.1) is 9.76 Å². The zero-order chi connectivity index (χ0) is 8.97. The van der Waals surface area contributed by atoms with Crippen LogP contribution in [0.2, 0.25) is 0 Å². The third-order valence-electron chi connectivity index (χ3n) is 1.79. The predicted octanol–water partition coefficient (Wildman–Crippen LogP) is 0.495. The molecular formula is C9H12OSi2. The van der Waals surface area contributed by atoms with Gasteiger partial charge in [0.15, 0.2) is 0 Å². The normalized spacial score (nSPS) is 10.7. The van der Waals surface area contributed by atoms with Crippen LogP contribution in [-0.4, -0.2) is 23.1 Å². The molecule has 0 bridgehead atoms. The quantitative estimate of drug-likeness (QED) is 0.691. The summed E-state index contributed by atoms with van der Waals surface area (Å²) in [5.74, 6) is 0. The second-order valence-electron chi connectivity index (χ2n) is 2.76. The van der Waals surface area contributed by atoms with Crippen LogP contribution in [0.3, 0.4) is 0 Å². The van der Waals surface area contributed by atoms with Crippen molar-refractivity contribution >= 4 is 23.5 Å². The largest absolute Gasteiger partial charge is 0.430 e. The lowest BCUT2D eigenvalue weighted by Crippen LogP contribution is -2.33. The summed E-state index contributed by atoms with van der Waals surface area (Å²) in [7, 11) is 1.85. The SMILES string of the molecule is CCCc1ccccc1[Si](O)[Si]. The predicted molar refractivity (Wildman–Crippen MR) is 53.8 cm³/mol. The molecule has 0 amide bonds. The fraction of sp³-hybridized carbons (Fsp3) is 0.333. The molecule has 0 atom stereocenters. The van der Waals surface area contributed by atoms with Crippen LogP contribution < -0.4 is 5.19 Å². The van der Waals surface area contributed by atoms with Crippen molar-refractivity contribution in [1.82, 2.24) is 0 Å². The summed E-state index contributed by atoms with van der Waals surface area (Å²) in [6.07, 6.45) is 2.17. The molecule has 0 saturated heterocycles. The molecule has 0 aliphatic carbocycles. The number of hydrogen-bond donors (Lipinski definition) is 1. The van der Waals surface area contributed by atoms with Gasteiger partial charge >= 0.3 is 0 Å². The van der Waals surface area contributed by atoms with Crippen LogP contribution in [0.5, 0.6) is 0 Å². The van der Waals surface area contributed by atoms with E-state index in [9.17, 15) is 4.80 Å². The third-order valence-corrected chi connectivity index (χ3v) is 3.60. The van der Waals surface area contributed by atoms with E-state index in [2.05, 4.69) is 22.8 Å². The molecule has 0 fully saturated rings. The average Bonchev–Trinajstić information content (AvgIpc) is 2.05. The van der Waals surface area contributed by atoms with E-state index in [0.717, 1.165) is 18.0 Å². The molecule has 0 aliphatic rings. The summed E-state index contributed by atoms with van der Waals surface area (Å²) in [6.45, 7) is 2.15. The highest BCUT2D eigenvalue weighted by Gasteiger charge is 2.07. The van der Waals surface area contributed by atoms with Gasteiger partial charge in [0.25, 0.3) is 0 Å². The van der Waals surface area contributed by atoms with Crippen molar-refractivity contribution in [3.63, 3.8) is 0 Å². The molecule has 0 aromatic heterocycles. The van der Waals surface area contributed by atoms with Crippen molar-refractivity contribution < 1.29 is 4.80 Å². The van der Waals surface area contributed by atoms with E-state index in [1.165, 1.54) is 5.56 Å². The molecular weight excluding hydrogens is 180 g/mol. The lowest BCUT2D eigenvalue weighted by Gasteiger charge is -2.08. The molecule has 0 spiro atoms. The first-order valence-electron chi connectivity index (χ1n) is 4.11. The van der Waals surface area contributed by atoms with Crippen molar-refractivity contribution in [1.29, 1.82) is 0 Å². The lowest BCUT2D eigenvalue weighted by molar-refractivity contribution is 0.606. The van der Waals surface area contributed by atoms with Crippen LogP contribution >= 0.6 is 0 Å². The van der Waals surface area contributed by atoms with Gasteiger partial charge in [-0.15, -0.1) is 0 Å². The maximum Gasteiger partial charge on any atom is 0.216 e. The Hall–Kier alpha value is -0.386. The summed E-state index contributed by atoms with van der Waals surface area (Å²) in [5, 5.41) is 1.08. The Morgan fingerprint density at radius 1 is 1.42 bits per heavy atom. The summed E-state index contributed by atoms with van der Waals surface area (Å²) in [4.78, 5) is 9.45. The number of benzene rings is 1. The van der Waals surface area contributed by atoms with Crippen LogP contribution in [0.25, 0.3) is 0 Å². The molecule has 12 heavy (non-hydrogen) atoms. The summed E-state index contributed by atoms with van der Waals surface area (Å²) in [6, 6.07) is 8.06. The van der Waals surface area contributed by atoms with E-state index >= 15 is 0 Å². The highest BCUT2D eigenvalue weighted by atomic mass is 29.2. The van der Waals surface area contributed by atoms with Crippen molar-refractivity contribution in [2.45, 2.75) is 19.8 Å². The van der Waals surface area contributed by atoms with Gasteiger partial charge in [0, 0.05) is 0 Å². The molecule has 0 saturated carbocycles. The summed E-state index contributed by atoms with van der Waals surface area (Å²) < 4.78 is 0. The second-order valence-corrected chi connectivity index (χ2v) is 5.41. The third kappa shape index (κ3) is 2.30. The van der Waals surface area contributed by atoms with E-state index in [1.807, 2.05) is 18.2 Å². The molecule has 0 aliphatic heterocycles. The zero-order valence-corrected chi connectivity index (χ0v) is 9.17. The first kappa shape index (κ1) is 9.70. The van der Waals surface area contributed by atoms with Gasteiger partial charge in [-0.2, -0.15) is 0 Å². The molecule has 1 nitrogen and oxygen atoms in total. The van der Waals surface area contributed by atoms with Crippen LogP contribution in [0.4, 0.5) is 0 Å². The molecule has 1 N–H and O–H groups in total. The Morgan fingerprint density at radius 3 is 2.67 bits per heavy atom. The molecule has 3 heteroatoms. The van der Waals surface area contributed by atoms with Gasteiger partial charge in [-0.3, -0.25) is 0 Å². The maximum atomic E-state index is 9.45. The standard InChI is InChI=1S/C9H12OSi2/c1-2-5-8-6-3-4-7-9(8)12(10)11/h3-4,6-7,10H,2,5H2,1H3. The van der Waals surface area contributed by atoms with Crippen LogP contribution in [0.1, 0.15) is 18.9 Å². The van der Waals surface area contributed by atoms with Gasteiger partial charge in [0.1, 0.15) is 0 Å². The van der Waals surface area contributed by atoms with Crippen LogP contribution in [0.15, 0.2) is 24.3 Å². The Morgan fingerprint density at radius 2 is 2.08 bits per heavy atom. The van der Waals surface area contributed by atoms with Gasteiger partial charge in [-0.1, -0.05) is 37.6 Å². The first-order chi connectivity index (χ1) is 5.75. The minimum atomic E-state index is -1.46. The van der Waals surface area contributed by atoms with Gasteiger partial charge < -0.3 is 4.80 Å². The molecule has 0 unspecified atom stereocenters. The highest BCUT2D eigenvalue weighted by molar-refractivity contribution is 7.06. The topological polar surface area (TPSA) is 20.2 Å². The van der Waals surface area contributed by atoms with E-state index in [1.54, 1.807) is 0 Å².